The van der Waals surface area contributed by atoms with Gasteiger partial charge in [-0.05, 0) is 42.3 Å². The number of anilines is 2. The molecule has 2 aromatic carbocycles. The molecule has 0 fully saturated rings. The number of nitrogen functional groups attached to an aromatic ring is 1. The second kappa shape index (κ2) is 6.39. The first-order valence-electron chi connectivity index (χ1n) is 6.14. The van der Waals surface area contributed by atoms with E-state index in [1.54, 1.807) is 18.2 Å². The monoisotopic (exact) mass is 292 g/mol. The van der Waals surface area contributed by atoms with Crippen LogP contribution >= 0.6 is 11.6 Å². The maximum atomic E-state index is 13.2. The lowest BCUT2D eigenvalue weighted by Gasteiger charge is -2.06. The first-order chi connectivity index (χ1) is 9.54. The van der Waals surface area contributed by atoms with E-state index in [9.17, 15) is 9.18 Å². The van der Waals surface area contributed by atoms with Crippen molar-refractivity contribution in [1.82, 2.24) is 0 Å². The number of nitrogens with one attached hydrogen (secondary N) is 1. The number of halogens is 2. The van der Waals surface area contributed by atoms with Gasteiger partial charge >= 0.3 is 0 Å². The van der Waals surface area contributed by atoms with E-state index in [-0.39, 0.29) is 10.9 Å². The van der Waals surface area contributed by atoms with E-state index in [4.69, 9.17) is 17.3 Å². The third kappa shape index (κ3) is 3.96. The van der Waals surface area contributed by atoms with E-state index >= 15 is 0 Å². The summed E-state index contributed by atoms with van der Waals surface area (Å²) in [6, 6.07) is 11.5. The molecule has 5 heteroatoms. The standard InChI is InChI=1S/C15H14ClFN2O/c16-13-7-6-12(9-14(13)17)19-15(20)8-3-10-1-4-11(18)5-2-10/h1-2,4-7,9H,3,8,18H2,(H,19,20). The van der Waals surface area contributed by atoms with Crippen LogP contribution in [0.4, 0.5) is 15.8 Å². The van der Waals surface area contributed by atoms with E-state index in [0.717, 1.165) is 5.56 Å². The number of carbonyl (C=O) groups excluding carboxylic acids is 1. The molecule has 0 unspecified atom stereocenters. The van der Waals surface area contributed by atoms with Gasteiger partial charge in [-0.25, -0.2) is 4.39 Å². The van der Waals surface area contributed by atoms with Gasteiger partial charge in [-0.2, -0.15) is 0 Å². The number of hydrogen-bond donors (Lipinski definition) is 2. The van der Waals surface area contributed by atoms with Crippen LogP contribution in [0.2, 0.25) is 5.02 Å². The summed E-state index contributed by atoms with van der Waals surface area (Å²) >= 11 is 5.57. The molecule has 3 nitrogen and oxygen atoms in total. The van der Waals surface area contributed by atoms with Gasteiger partial charge in [0.15, 0.2) is 0 Å². The van der Waals surface area contributed by atoms with Crippen LogP contribution in [0.1, 0.15) is 12.0 Å². The Morgan fingerprint density at radius 3 is 2.55 bits per heavy atom. The number of amides is 1. The van der Waals surface area contributed by atoms with Crippen molar-refractivity contribution >= 4 is 28.9 Å². The van der Waals surface area contributed by atoms with Crippen LogP contribution in [0.5, 0.6) is 0 Å². The number of benzene rings is 2. The van der Waals surface area contributed by atoms with E-state index < -0.39 is 5.82 Å². The summed E-state index contributed by atoms with van der Waals surface area (Å²) in [5.74, 6) is -0.730. The van der Waals surface area contributed by atoms with Crippen LogP contribution in [0, 0.1) is 5.82 Å². The SMILES string of the molecule is Nc1ccc(CCC(=O)Nc2ccc(Cl)c(F)c2)cc1. The molecule has 0 aromatic heterocycles. The molecule has 0 saturated heterocycles. The Kier molecular flexibility index (Phi) is 4.58. The van der Waals surface area contributed by atoms with Gasteiger partial charge in [0.25, 0.3) is 0 Å². The summed E-state index contributed by atoms with van der Waals surface area (Å²) < 4.78 is 13.2. The maximum absolute atomic E-state index is 13.2. The Morgan fingerprint density at radius 1 is 1.20 bits per heavy atom. The van der Waals surface area contributed by atoms with Crippen molar-refractivity contribution in [3.8, 4) is 0 Å². The average Bonchev–Trinajstić information content (AvgIpc) is 2.42. The Labute approximate surface area is 121 Å². The van der Waals surface area contributed by atoms with E-state index in [0.29, 0.717) is 24.2 Å². The highest BCUT2D eigenvalue weighted by Gasteiger charge is 2.06. The summed E-state index contributed by atoms with van der Waals surface area (Å²) in [6.45, 7) is 0. The molecule has 0 aliphatic heterocycles. The van der Waals surface area contributed by atoms with Crippen LogP contribution in [-0.2, 0) is 11.2 Å². The lowest BCUT2D eigenvalue weighted by atomic mass is 10.1. The number of aryl methyl sites for hydroxylation is 1. The summed E-state index contributed by atoms with van der Waals surface area (Å²) in [4.78, 5) is 11.8. The van der Waals surface area contributed by atoms with Crippen LogP contribution in [-0.4, -0.2) is 5.91 Å². The quantitative estimate of drug-likeness (QED) is 0.846. The Hall–Kier alpha value is -2.07. The molecular formula is C15H14ClFN2O. The maximum Gasteiger partial charge on any atom is 0.224 e. The second-order valence-electron chi connectivity index (χ2n) is 4.42. The minimum atomic E-state index is -0.553. The second-order valence-corrected chi connectivity index (χ2v) is 4.83. The summed E-state index contributed by atoms with van der Waals surface area (Å²) in [5.41, 5.74) is 7.70. The number of hydrogen-bond acceptors (Lipinski definition) is 2. The van der Waals surface area contributed by atoms with Gasteiger partial charge in [0.1, 0.15) is 5.82 Å². The third-order valence-electron chi connectivity index (χ3n) is 2.82. The van der Waals surface area contributed by atoms with Crippen molar-refractivity contribution in [3.05, 3.63) is 58.9 Å². The fraction of sp³-hybridized carbons (Fsp3) is 0.133. The molecule has 2 aromatic rings. The van der Waals surface area contributed by atoms with E-state index in [2.05, 4.69) is 5.32 Å². The average molecular weight is 293 g/mol. The van der Waals surface area contributed by atoms with Crippen molar-refractivity contribution in [2.45, 2.75) is 12.8 Å². The first kappa shape index (κ1) is 14.3. The van der Waals surface area contributed by atoms with Gasteiger partial charge in [-0.1, -0.05) is 23.7 Å². The van der Waals surface area contributed by atoms with Crippen molar-refractivity contribution < 1.29 is 9.18 Å². The lowest BCUT2D eigenvalue weighted by Crippen LogP contribution is -2.12. The van der Waals surface area contributed by atoms with Gasteiger partial charge in [0, 0.05) is 17.8 Å². The molecular weight excluding hydrogens is 279 g/mol. The molecule has 0 radical (unpaired) electrons. The fourth-order valence-electron chi connectivity index (χ4n) is 1.74. The molecule has 0 saturated carbocycles. The molecule has 0 spiro atoms. The van der Waals surface area contributed by atoms with Crippen molar-refractivity contribution in [3.63, 3.8) is 0 Å². The van der Waals surface area contributed by atoms with Crippen molar-refractivity contribution in [2.24, 2.45) is 0 Å². The molecule has 0 atom stereocenters. The van der Waals surface area contributed by atoms with Gasteiger partial charge in [-0.3, -0.25) is 4.79 Å². The number of nitrogens with two attached hydrogens (primary N) is 1. The Morgan fingerprint density at radius 2 is 1.90 bits per heavy atom. The predicted octanol–water partition coefficient (Wildman–Crippen LogP) is 3.63. The smallest absolute Gasteiger partial charge is 0.224 e. The van der Waals surface area contributed by atoms with E-state index in [1.165, 1.54) is 12.1 Å². The van der Waals surface area contributed by atoms with Crippen LogP contribution in [0.15, 0.2) is 42.5 Å². The topological polar surface area (TPSA) is 55.1 Å². The zero-order valence-electron chi connectivity index (χ0n) is 10.7. The number of carbonyl (C=O) groups is 1. The molecule has 104 valence electrons. The van der Waals surface area contributed by atoms with Crippen LogP contribution in [0.3, 0.4) is 0 Å². The predicted molar refractivity (Wildman–Crippen MR) is 79.2 cm³/mol. The van der Waals surface area contributed by atoms with Gasteiger partial charge in [0.2, 0.25) is 5.91 Å². The van der Waals surface area contributed by atoms with Crippen LogP contribution in [0.25, 0.3) is 0 Å². The van der Waals surface area contributed by atoms with Crippen molar-refractivity contribution in [1.29, 1.82) is 0 Å². The number of rotatable bonds is 4. The third-order valence-corrected chi connectivity index (χ3v) is 3.13. The zero-order valence-corrected chi connectivity index (χ0v) is 11.5. The summed E-state index contributed by atoms with van der Waals surface area (Å²) in [6.07, 6.45) is 0.913. The largest absolute Gasteiger partial charge is 0.399 e. The molecule has 0 heterocycles. The molecule has 20 heavy (non-hydrogen) atoms. The Balaban J connectivity index is 1.89. The molecule has 2 rings (SSSR count). The summed E-state index contributed by atoms with van der Waals surface area (Å²) in [5, 5.41) is 2.66. The highest BCUT2D eigenvalue weighted by Crippen LogP contribution is 2.19. The van der Waals surface area contributed by atoms with Crippen LogP contribution < -0.4 is 11.1 Å². The molecule has 3 N–H and O–H groups in total. The summed E-state index contributed by atoms with van der Waals surface area (Å²) in [7, 11) is 0. The molecule has 0 bridgehead atoms. The van der Waals surface area contributed by atoms with Crippen molar-refractivity contribution in [2.75, 3.05) is 11.1 Å². The molecule has 0 aliphatic carbocycles. The Bertz CT molecular complexity index is 614. The molecule has 1 amide bonds. The normalized spacial score (nSPS) is 10.3. The van der Waals surface area contributed by atoms with Gasteiger partial charge < -0.3 is 11.1 Å². The first-order valence-corrected chi connectivity index (χ1v) is 6.52. The zero-order chi connectivity index (χ0) is 14.5. The lowest BCUT2D eigenvalue weighted by molar-refractivity contribution is -0.116. The van der Waals surface area contributed by atoms with Gasteiger partial charge in [0.05, 0.1) is 5.02 Å². The minimum absolute atomic E-state index is 0.0323. The van der Waals surface area contributed by atoms with Gasteiger partial charge in [-0.15, -0.1) is 0 Å². The fourth-order valence-corrected chi connectivity index (χ4v) is 1.86. The molecule has 0 aliphatic rings. The minimum Gasteiger partial charge on any atom is -0.399 e. The highest BCUT2D eigenvalue weighted by atomic mass is 35.5. The highest BCUT2D eigenvalue weighted by molar-refractivity contribution is 6.30. The van der Waals surface area contributed by atoms with E-state index in [1.807, 2.05) is 12.1 Å².